The molecule has 0 saturated heterocycles. The van der Waals surface area contributed by atoms with Gasteiger partial charge in [0, 0.05) is 11.8 Å². The first-order chi connectivity index (χ1) is 7.82. The van der Waals surface area contributed by atoms with Gasteiger partial charge in [-0.15, -0.1) is 0 Å². The Labute approximate surface area is 92.2 Å². The van der Waals surface area contributed by atoms with Crippen molar-refractivity contribution < 1.29 is 31.5 Å². The summed E-state index contributed by atoms with van der Waals surface area (Å²) >= 11 is 0. The molecule has 0 amide bonds. The van der Waals surface area contributed by atoms with Crippen LogP contribution in [0.15, 0.2) is 6.20 Å². The average Bonchev–Trinajstić information content (AvgIpc) is 2.25. The van der Waals surface area contributed by atoms with Gasteiger partial charge in [0.25, 0.3) is 6.43 Å². The topological polar surface area (TPSA) is 39.2 Å². The Hall–Kier alpha value is -1.73. The molecule has 0 bridgehead atoms. The van der Waals surface area contributed by atoms with E-state index < -0.39 is 35.2 Å². The second-order valence-corrected chi connectivity index (χ2v) is 2.93. The zero-order valence-electron chi connectivity index (χ0n) is 8.39. The maximum absolute atomic E-state index is 12.6. The number of carbonyl (C=O) groups is 1. The number of methoxy groups -OCH3 is 1. The first-order valence-electron chi connectivity index (χ1n) is 4.20. The normalized spacial score (nSPS) is 11.7. The minimum absolute atomic E-state index is 0.00281. The van der Waals surface area contributed by atoms with Crippen LogP contribution >= 0.6 is 0 Å². The number of alkyl halides is 5. The van der Waals surface area contributed by atoms with Gasteiger partial charge in [0.05, 0.1) is 12.7 Å². The highest BCUT2D eigenvalue weighted by atomic mass is 19.4. The summed E-state index contributed by atoms with van der Waals surface area (Å²) in [7, 11) is 0.798. The molecule has 0 aliphatic heterocycles. The van der Waals surface area contributed by atoms with Gasteiger partial charge in [0.1, 0.15) is 0 Å². The molecular weight excluding hydrogens is 249 g/mol. The third kappa shape index (κ3) is 2.51. The first-order valence-corrected chi connectivity index (χ1v) is 4.20. The van der Waals surface area contributed by atoms with Crippen molar-refractivity contribution in [2.24, 2.45) is 0 Å². The predicted octanol–water partition coefficient (Wildman–Crippen LogP) is 2.86. The molecule has 94 valence electrons. The molecule has 1 rings (SSSR count). The number of aldehydes is 1. The van der Waals surface area contributed by atoms with E-state index in [0.29, 0.717) is 6.20 Å². The van der Waals surface area contributed by atoms with Crippen molar-refractivity contribution in [3.8, 4) is 5.75 Å². The van der Waals surface area contributed by atoms with Crippen LogP contribution in [0.1, 0.15) is 28.0 Å². The van der Waals surface area contributed by atoms with E-state index in [1.807, 2.05) is 0 Å². The van der Waals surface area contributed by atoms with E-state index in [9.17, 15) is 26.7 Å². The standard InChI is InChI=1S/C9H6F5NO2/c1-17-6-5(8(10)11)4(3-16)2-15-7(6)9(12,13)14/h2-3,8H,1H3. The van der Waals surface area contributed by atoms with Gasteiger partial charge >= 0.3 is 6.18 Å². The van der Waals surface area contributed by atoms with Gasteiger partial charge in [-0.3, -0.25) is 4.79 Å². The van der Waals surface area contributed by atoms with Crippen molar-refractivity contribution in [1.82, 2.24) is 4.98 Å². The molecule has 0 aromatic carbocycles. The Morgan fingerprint density at radius 2 is 2.00 bits per heavy atom. The summed E-state index contributed by atoms with van der Waals surface area (Å²) in [6.45, 7) is 0. The fourth-order valence-electron chi connectivity index (χ4n) is 1.25. The van der Waals surface area contributed by atoms with Gasteiger partial charge < -0.3 is 4.74 Å². The third-order valence-corrected chi connectivity index (χ3v) is 1.92. The van der Waals surface area contributed by atoms with E-state index in [4.69, 9.17) is 0 Å². The van der Waals surface area contributed by atoms with Gasteiger partial charge in [-0.05, 0) is 0 Å². The highest BCUT2D eigenvalue weighted by molar-refractivity contribution is 5.78. The lowest BCUT2D eigenvalue weighted by Gasteiger charge is -2.15. The average molecular weight is 255 g/mol. The molecule has 8 heteroatoms. The number of rotatable bonds is 3. The molecule has 1 aromatic heterocycles. The summed E-state index contributed by atoms with van der Waals surface area (Å²) in [6, 6.07) is 0. The highest BCUT2D eigenvalue weighted by Gasteiger charge is 2.39. The maximum Gasteiger partial charge on any atom is 0.437 e. The molecule has 0 fully saturated rings. The Kier molecular flexibility index (Phi) is 3.64. The number of ether oxygens (including phenoxy) is 1. The Bertz CT molecular complexity index is 430. The Morgan fingerprint density at radius 3 is 2.35 bits per heavy atom. The molecule has 0 aliphatic rings. The monoisotopic (exact) mass is 255 g/mol. The number of nitrogens with zero attached hydrogens (tertiary/aromatic N) is 1. The highest BCUT2D eigenvalue weighted by Crippen LogP contribution is 2.40. The van der Waals surface area contributed by atoms with Crippen molar-refractivity contribution in [2.45, 2.75) is 12.6 Å². The summed E-state index contributed by atoms with van der Waals surface area (Å²) < 4.78 is 66.8. The molecule has 0 N–H and O–H groups in total. The zero-order chi connectivity index (χ0) is 13.2. The minimum Gasteiger partial charge on any atom is -0.494 e. The van der Waals surface area contributed by atoms with Crippen molar-refractivity contribution in [1.29, 1.82) is 0 Å². The van der Waals surface area contributed by atoms with Crippen molar-refractivity contribution >= 4 is 6.29 Å². The van der Waals surface area contributed by atoms with E-state index in [1.165, 1.54) is 0 Å². The van der Waals surface area contributed by atoms with E-state index in [0.717, 1.165) is 7.11 Å². The first kappa shape index (κ1) is 13.3. The van der Waals surface area contributed by atoms with Crippen LogP contribution in [0.5, 0.6) is 5.75 Å². The van der Waals surface area contributed by atoms with E-state index in [-0.39, 0.29) is 6.29 Å². The maximum atomic E-state index is 12.6. The summed E-state index contributed by atoms with van der Waals surface area (Å²) in [5, 5.41) is 0. The smallest absolute Gasteiger partial charge is 0.437 e. The van der Waals surface area contributed by atoms with Crippen molar-refractivity contribution in [2.75, 3.05) is 7.11 Å². The fraction of sp³-hybridized carbons (Fsp3) is 0.333. The van der Waals surface area contributed by atoms with Crippen LogP contribution in [0.2, 0.25) is 0 Å². The number of aromatic nitrogens is 1. The van der Waals surface area contributed by atoms with Gasteiger partial charge in [-0.2, -0.15) is 13.2 Å². The number of carbonyl (C=O) groups excluding carboxylic acids is 1. The molecule has 0 unspecified atom stereocenters. The minimum atomic E-state index is -4.93. The largest absolute Gasteiger partial charge is 0.494 e. The van der Waals surface area contributed by atoms with E-state index in [2.05, 4.69) is 9.72 Å². The van der Waals surface area contributed by atoms with Crippen LogP contribution in [-0.2, 0) is 6.18 Å². The predicted molar refractivity (Wildman–Crippen MR) is 46.1 cm³/mol. The molecule has 17 heavy (non-hydrogen) atoms. The molecular formula is C9H6F5NO2. The van der Waals surface area contributed by atoms with Crippen LogP contribution in [0.3, 0.4) is 0 Å². The quantitative estimate of drug-likeness (QED) is 0.615. The van der Waals surface area contributed by atoms with Gasteiger partial charge in [0.2, 0.25) is 0 Å². The lowest BCUT2D eigenvalue weighted by Crippen LogP contribution is -2.13. The van der Waals surface area contributed by atoms with Crippen LogP contribution in [0.4, 0.5) is 22.0 Å². The summed E-state index contributed by atoms with van der Waals surface area (Å²) in [5.41, 5.74) is -3.32. The van der Waals surface area contributed by atoms with Crippen LogP contribution in [0.25, 0.3) is 0 Å². The number of hydrogen-bond acceptors (Lipinski definition) is 3. The molecule has 0 spiro atoms. The molecule has 1 aromatic rings. The lowest BCUT2D eigenvalue weighted by molar-refractivity contribution is -0.142. The molecule has 0 aliphatic carbocycles. The van der Waals surface area contributed by atoms with Crippen molar-refractivity contribution in [3.63, 3.8) is 0 Å². The Balaban J connectivity index is 3.58. The second-order valence-electron chi connectivity index (χ2n) is 2.93. The molecule has 1 heterocycles. The fourth-order valence-corrected chi connectivity index (χ4v) is 1.25. The van der Waals surface area contributed by atoms with Crippen LogP contribution in [-0.4, -0.2) is 18.4 Å². The van der Waals surface area contributed by atoms with Crippen molar-refractivity contribution in [3.05, 3.63) is 23.0 Å². The molecule has 0 saturated carbocycles. The van der Waals surface area contributed by atoms with E-state index >= 15 is 0 Å². The number of hydrogen-bond donors (Lipinski definition) is 0. The van der Waals surface area contributed by atoms with E-state index in [1.54, 1.807) is 0 Å². The SMILES string of the molecule is COc1c(C(F)(F)F)ncc(C=O)c1C(F)F. The number of halogens is 5. The Morgan fingerprint density at radius 1 is 1.41 bits per heavy atom. The zero-order valence-corrected chi connectivity index (χ0v) is 8.39. The van der Waals surface area contributed by atoms with Gasteiger partial charge in [0.15, 0.2) is 17.7 Å². The molecule has 3 nitrogen and oxygen atoms in total. The lowest BCUT2D eigenvalue weighted by atomic mass is 10.1. The summed E-state index contributed by atoms with van der Waals surface area (Å²) in [4.78, 5) is 13.4. The van der Waals surface area contributed by atoms with Crippen LogP contribution < -0.4 is 4.74 Å². The summed E-state index contributed by atoms with van der Waals surface area (Å²) in [5.74, 6) is -1.13. The molecule has 0 radical (unpaired) electrons. The van der Waals surface area contributed by atoms with Gasteiger partial charge in [-0.25, -0.2) is 13.8 Å². The second kappa shape index (κ2) is 4.64. The molecule has 0 atom stereocenters. The third-order valence-electron chi connectivity index (χ3n) is 1.92. The number of pyridine rings is 1. The summed E-state index contributed by atoms with van der Waals surface area (Å²) in [6.07, 6.45) is -7.76. The van der Waals surface area contributed by atoms with Gasteiger partial charge in [-0.1, -0.05) is 0 Å². The van der Waals surface area contributed by atoms with Crippen LogP contribution in [0, 0.1) is 0 Å².